The van der Waals surface area contributed by atoms with Gasteiger partial charge in [-0.15, -0.1) is 11.3 Å². The first-order valence-electron chi connectivity index (χ1n) is 6.39. The molecule has 1 aromatic carbocycles. The van der Waals surface area contributed by atoms with Crippen molar-refractivity contribution in [3.05, 3.63) is 49.1 Å². The van der Waals surface area contributed by atoms with Crippen molar-refractivity contribution >= 4 is 62.5 Å². The van der Waals surface area contributed by atoms with Gasteiger partial charge in [0, 0.05) is 21.2 Å². The maximum Gasteiger partial charge on any atom is 0.437 e. The highest BCUT2D eigenvalue weighted by Gasteiger charge is 2.21. The molecule has 10 heteroatoms. The molecule has 0 unspecified atom stereocenters. The van der Waals surface area contributed by atoms with Crippen LogP contribution >= 0.6 is 38.9 Å². The molecule has 0 radical (unpaired) electrons. The molecule has 1 aromatic heterocycles. The van der Waals surface area contributed by atoms with Gasteiger partial charge in [0.15, 0.2) is 5.84 Å². The van der Waals surface area contributed by atoms with E-state index in [1.54, 1.807) is 31.2 Å². The number of carbonyl (C=O) groups is 2. The van der Waals surface area contributed by atoms with E-state index in [-0.39, 0.29) is 10.7 Å². The van der Waals surface area contributed by atoms with Crippen LogP contribution in [0.15, 0.2) is 33.9 Å². The van der Waals surface area contributed by atoms with Crippen LogP contribution in [0.1, 0.15) is 20.1 Å². The van der Waals surface area contributed by atoms with Crippen LogP contribution < -0.4 is 11.1 Å². The zero-order valence-corrected chi connectivity index (χ0v) is 15.3. The highest BCUT2D eigenvalue weighted by Crippen LogP contribution is 2.32. The van der Waals surface area contributed by atoms with E-state index in [2.05, 4.69) is 31.2 Å². The Kier molecular flexibility index (Phi) is 5.81. The first kappa shape index (κ1) is 18.2. The Hall–Kier alpha value is -2.10. The minimum Gasteiger partial charge on any atom is -0.477 e. The second-order valence-corrected chi connectivity index (χ2v) is 6.92. The molecule has 7 nitrogen and oxygen atoms in total. The molecule has 0 atom stereocenters. The molecule has 0 bridgehead atoms. The first-order valence-corrected chi connectivity index (χ1v) is 8.38. The fraction of sp³-hybridized carbons (Fsp3) is 0.0714. The Morgan fingerprint density at radius 1 is 1.38 bits per heavy atom. The van der Waals surface area contributed by atoms with E-state index in [1.807, 2.05) is 0 Å². The maximum absolute atomic E-state index is 11.7. The van der Waals surface area contributed by atoms with Gasteiger partial charge >= 0.3 is 12.1 Å². The number of carboxylic acid groups (broad SMARTS) is 1. The molecule has 0 aliphatic rings. The lowest BCUT2D eigenvalue weighted by Crippen LogP contribution is -2.18. The number of aryl methyl sites for hydroxylation is 1. The van der Waals surface area contributed by atoms with Crippen LogP contribution in [0.25, 0.3) is 0 Å². The van der Waals surface area contributed by atoms with Gasteiger partial charge in [-0.1, -0.05) is 16.8 Å². The summed E-state index contributed by atoms with van der Waals surface area (Å²) in [7, 11) is 0. The average molecular weight is 433 g/mol. The standard InChI is InChI=1S/C14H11BrClN3O4S/c1-6-9(10(15)11(24-6)13(20)21)12(17)19-23-14(22)18-8-4-2-7(16)3-5-8/h2-5H,1H3,(H2,17,19)(H,18,22)(H,20,21). The predicted octanol–water partition coefficient (Wildman–Crippen LogP) is 4.04. The molecular weight excluding hydrogens is 422 g/mol. The smallest absolute Gasteiger partial charge is 0.437 e. The first-order chi connectivity index (χ1) is 11.3. The van der Waals surface area contributed by atoms with E-state index < -0.39 is 12.1 Å². The Bertz CT molecular complexity index is 820. The molecule has 0 saturated heterocycles. The number of benzene rings is 1. The zero-order valence-electron chi connectivity index (χ0n) is 12.2. The highest BCUT2D eigenvalue weighted by atomic mass is 79.9. The Morgan fingerprint density at radius 2 is 2.00 bits per heavy atom. The number of carbonyl (C=O) groups excluding carboxylic acids is 1. The van der Waals surface area contributed by atoms with Crippen molar-refractivity contribution in [2.24, 2.45) is 10.9 Å². The lowest BCUT2D eigenvalue weighted by Gasteiger charge is -2.04. The van der Waals surface area contributed by atoms with Gasteiger partial charge in [-0.05, 0) is 47.1 Å². The molecule has 0 fully saturated rings. The van der Waals surface area contributed by atoms with Gasteiger partial charge in [-0.25, -0.2) is 9.59 Å². The normalized spacial score (nSPS) is 11.2. The molecule has 1 heterocycles. The predicted molar refractivity (Wildman–Crippen MR) is 96.0 cm³/mol. The number of amidine groups is 1. The number of nitrogens with one attached hydrogen (secondary N) is 1. The van der Waals surface area contributed by atoms with Gasteiger partial charge in [0.1, 0.15) is 4.88 Å². The molecule has 4 N–H and O–H groups in total. The van der Waals surface area contributed by atoms with Crippen molar-refractivity contribution in [2.75, 3.05) is 5.32 Å². The highest BCUT2D eigenvalue weighted by molar-refractivity contribution is 9.10. The number of anilines is 1. The number of amides is 1. The molecule has 2 aromatic rings. The summed E-state index contributed by atoms with van der Waals surface area (Å²) in [5.74, 6) is -1.20. The third-order valence-corrected chi connectivity index (χ3v) is 5.19. The largest absolute Gasteiger partial charge is 0.477 e. The quantitative estimate of drug-likeness (QED) is 0.292. The molecule has 0 saturated carbocycles. The number of rotatable bonds is 4. The minimum atomic E-state index is -1.09. The summed E-state index contributed by atoms with van der Waals surface area (Å²) in [5, 5.41) is 15.6. The van der Waals surface area contributed by atoms with Gasteiger partial charge in [-0.2, -0.15) is 0 Å². The maximum atomic E-state index is 11.7. The van der Waals surface area contributed by atoms with E-state index in [1.165, 1.54) is 0 Å². The fourth-order valence-electron chi connectivity index (χ4n) is 1.76. The number of aromatic carboxylic acids is 1. The zero-order chi connectivity index (χ0) is 17.9. The summed E-state index contributed by atoms with van der Waals surface area (Å²) < 4.78 is 0.292. The molecule has 24 heavy (non-hydrogen) atoms. The van der Waals surface area contributed by atoms with Crippen molar-refractivity contribution in [2.45, 2.75) is 6.92 Å². The summed E-state index contributed by atoms with van der Waals surface area (Å²) in [5.41, 5.74) is 6.63. The van der Waals surface area contributed by atoms with Crippen molar-refractivity contribution in [3.8, 4) is 0 Å². The summed E-state index contributed by atoms with van der Waals surface area (Å²) in [6.45, 7) is 1.69. The van der Waals surface area contributed by atoms with E-state index >= 15 is 0 Å². The van der Waals surface area contributed by atoms with Gasteiger partial charge in [0.05, 0.1) is 4.47 Å². The summed E-state index contributed by atoms with van der Waals surface area (Å²) in [6.07, 6.45) is -0.845. The van der Waals surface area contributed by atoms with Gasteiger partial charge in [0.25, 0.3) is 0 Å². The average Bonchev–Trinajstić information content (AvgIpc) is 2.82. The van der Waals surface area contributed by atoms with Gasteiger partial charge in [0.2, 0.25) is 0 Å². The number of oxime groups is 1. The van der Waals surface area contributed by atoms with Crippen LogP contribution in [-0.2, 0) is 4.84 Å². The topological polar surface area (TPSA) is 114 Å². The lowest BCUT2D eigenvalue weighted by molar-refractivity contribution is 0.0701. The summed E-state index contributed by atoms with van der Waals surface area (Å²) in [4.78, 5) is 28.2. The third-order valence-electron chi connectivity index (χ3n) is 2.79. The lowest BCUT2D eigenvalue weighted by atomic mass is 10.2. The second kappa shape index (κ2) is 7.65. The number of carboxylic acids is 1. The molecular formula is C14H11BrClN3O4S. The molecule has 1 amide bonds. The Morgan fingerprint density at radius 3 is 2.54 bits per heavy atom. The number of hydrogen-bond donors (Lipinski definition) is 3. The molecule has 0 aliphatic heterocycles. The fourth-order valence-corrected chi connectivity index (χ4v) is 3.82. The minimum absolute atomic E-state index is 0.0891. The number of halogens is 2. The summed E-state index contributed by atoms with van der Waals surface area (Å²) >= 11 is 9.96. The second-order valence-electron chi connectivity index (χ2n) is 4.47. The van der Waals surface area contributed by atoms with Crippen LogP contribution in [0.3, 0.4) is 0 Å². The number of hydrogen-bond acceptors (Lipinski definition) is 5. The van der Waals surface area contributed by atoms with Crippen molar-refractivity contribution < 1.29 is 19.5 Å². The van der Waals surface area contributed by atoms with E-state index in [4.69, 9.17) is 22.4 Å². The Labute approximate surface area is 154 Å². The van der Waals surface area contributed by atoms with Crippen LogP contribution in [0.2, 0.25) is 5.02 Å². The molecule has 2 rings (SSSR count). The summed E-state index contributed by atoms with van der Waals surface area (Å²) in [6, 6.07) is 6.40. The van der Waals surface area contributed by atoms with Crippen LogP contribution in [0.4, 0.5) is 10.5 Å². The van der Waals surface area contributed by atoms with Gasteiger partial charge < -0.3 is 10.8 Å². The third kappa shape index (κ3) is 4.25. The van der Waals surface area contributed by atoms with Crippen LogP contribution in [0, 0.1) is 6.92 Å². The van der Waals surface area contributed by atoms with Crippen molar-refractivity contribution in [1.29, 1.82) is 0 Å². The van der Waals surface area contributed by atoms with E-state index in [9.17, 15) is 9.59 Å². The van der Waals surface area contributed by atoms with Crippen molar-refractivity contribution in [3.63, 3.8) is 0 Å². The van der Waals surface area contributed by atoms with Crippen molar-refractivity contribution in [1.82, 2.24) is 0 Å². The molecule has 0 aliphatic carbocycles. The number of thiophene rings is 1. The number of nitrogens with zero attached hydrogens (tertiary/aromatic N) is 1. The molecule has 126 valence electrons. The SMILES string of the molecule is Cc1sc(C(=O)O)c(Br)c1/C(N)=N\OC(=O)Nc1ccc(Cl)cc1. The van der Waals surface area contributed by atoms with Crippen LogP contribution in [-0.4, -0.2) is 23.0 Å². The number of nitrogens with two attached hydrogens (primary N) is 1. The van der Waals surface area contributed by atoms with Crippen LogP contribution in [0.5, 0.6) is 0 Å². The molecule has 0 spiro atoms. The van der Waals surface area contributed by atoms with Gasteiger partial charge in [-0.3, -0.25) is 10.2 Å². The van der Waals surface area contributed by atoms with E-state index in [0.29, 0.717) is 25.6 Å². The monoisotopic (exact) mass is 431 g/mol. The van der Waals surface area contributed by atoms with E-state index in [0.717, 1.165) is 11.3 Å². The Balaban J connectivity index is 2.10.